The second-order valence-electron chi connectivity index (χ2n) is 11.9. The van der Waals surface area contributed by atoms with Crippen LogP contribution in [0.5, 0.6) is 0 Å². The Balaban J connectivity index is 1.41. The Bertz CT molecular complexity index is 1420. The van der Waals surface area contributed by atoms with Crippen LogP contribution in [0.2, 0.25) is 0 Å². The quantitative estimate of drug-likeness (QED) is 0.164. The summed E-state index contributed by atoms with van der Waals surface area (Å²) in [7, 11) is 0. The number of rotatable bonds is 16. The summed E-state index contributed by atoms with van der Waals surface area (Å²) in [5.74, 6) is -0.379. The average molecular weight is 696 g/mol. The number of hydrogen-bond donors (Lipinski definition) is 4. The second kappa shape index (κ2) is 18.7. The topological polar surface area (TPSA) is 145 Å². The molecule has 2 aliphatic heterocycles. The third kappa shape index (κ3) is 10.2. The lowest BCUT2D eigenvalue weighted by Gasteiger charge is -2.49. The van der Waals surface area contributed by atoms with Crippen molar-refractivity contribution in [2.75, 3.05) is 19.8 Å². The van der Waals surface area contributed by atoms with Gasteiger partial charge in [-0.2, -0.15) is 0 Å². The predicted octanol–water partition coefficient (Wildman–Crippen LogP) is 3.21. The number of aliphatic hydroxyl groups excluding tert-OH is 3. The van der Waals surface area contributed by atoms with E-state index in [1.165, 1.54) is 18.7 Å². The first-order valence-corrected chi connectivity index (χ1v) is 17.2. The van der Waals surface area contributed by atoms with Gasteiger partial charge in [0.15, 0.2) is 6.29 Å². The van der Waals surface area contributed by atoms with Crippen molar-refractivity contribution in [3.8, 4) is 0 Å². The summed E-state index contributed by atoms with van der Waals surface area (Å²) in [4.78, 5) is 13.5. The SMILES string of the molecule is C=CCO[C@H]1[C@H](OCc2ccccc2)[C@H](NC(C)=O)[C@H](O[C@H]2[C@H](O)[C@@H](O)[C@H](Sc3ccccc3)O[C@@H]2CO)O[C@@H]1COCc1ccccc1. The number of aliphatic hydroxyl groups is 3. The molecule has 0 spiro atoms. The lowest BCUT2D eigenvalue weighted by atomic mass is 9.95. The zero-order valence-electron chi connectivity index (χ0n) is 27.4. The van der Waals surface area contributed by atoms with Crippen molar-refractivity contribution in [1.29, 1.82) is 0 Å². The van der Waals surface area contributed by atoms with Crippen LogP contribution in [0.1, 0.15) is 18.1 Å². The van der Waals surface area contributed by atoms with Crippen molar-refractivity contribution < 1.29 is 48.5 Å². The minimum absolute atomic E-state index is 0.0696. The van der Waals surface area contributed by atoms with E-state index < -0.39 is 67.1 Å². The fourth-order valence-electron chi connectivity index (χ4n) is 5.86. The highest BCUT2D eigenvalue weighted by Crippen LogP contribution is 2.36. The van der Waals surface area contributed by atoms with Gasteiger partial charge in [0, 0.05) is 11.8 Å². The fraction of sp³-hybridized carbons (Fsp3) is 0.432. The zero-order valence-corrected chi connectivity index (χ0v) is 28.2. The molecule has 49 heavy (non-hydrogen) atoms. The highest BCUT2D eigenvalue weighted by Gasteiger charge is 2.52. The Morgan fingerprint density at radius 2 is 1.47 bits per heavy atom. The third-order valence-corrected chi connectivity index (χ3v) is 9.38. The minimum Gasteiger partial charge on any atom is -0.394 e. The normalized spacial score (nSPS) is 30.0. The lowest BCUT2D eigenvalue weighted by Crippen LogP contribution is -2.68. The molecule has 2 aliphatic rings. The Morgan fingerprint density at radius 3 is 2.08 bits per heavy atom. The molecule has 2 heterocycles. The summed E-state index contributed by atoms with van der Waals surface area (Å²) >= 11 is 1.22. The van der Waals surface area contributed by atoms with Gasteiger partial charge in [-0.25, -0.2) is 0 Å². The Hall–Kier alpha value is -3.14. The van der Waals surface area contributed by atoms with Gasteiger partial charge in [-0.3, -0.25) is 4.79 Å². The van der Waals surface area contributed by atoms with Gasteiger partial charge in [-0.05, 0) is 23.3 Å². The van der Waals surface area contributed by atoms with Crippen molar-refractivity contribution in [2.45, 2.75) is 85.5 Å². The minimum atomic E-state index is -1.47. The molecule has 10 atom stereocenters. The summed E-state index contributed by atoms with van der Waals surface area (Å²) in [5, 5.41) is 35.8. The number of benzene rings is 3. The van der Waals surface area contributed by atoms with Crippen LogP contribution < -0.4 is 5.32 Å². The molecule has 2 saturated heterocycles. The van der Waals surface area contributed by atoms with Crippen molar-refractivity contribution >= 4 is 17.7 Å². The van der Waals surface area contributed by atoms with Gasteiger partial charge < -0.3 is 49.1 Å². The molecule has 0 aromatic heterocycles. The van der Waals surface area contributed by atoms with E-state index in [0.29, 0.717) is 6.61 Å². The number of thioether (sulfide) groups is 1. The van der Waals surface area contributed by atoms with Gasteiger partial charge in [0.25, 0.3) is 0 Å². The van der Waals surface area contributed by atoms with Gasteiger partial charge in [0.2, 0.25) is 5.91 Å². The number of ether oxygens (including phenoxy) is 6. The highest BCUT2D eigenvalue weighted by molar-refractivity contribution is 7.99. The molecule has 5 rings (SSSR count). The first-order chi connectivity index (χ1) is 23.9. The molecule has 4 N–H and O–H groups in total. The monoisotopic (exact) mass is 695 g/mol. The van der Waals surface area contributed by atoms with Crippen LogP contribution in [-0.2, 0) is 46.4 Å². The molecular weight excluding hydrogens is 650 g/mol. The summed E-state index contributed by atoms with van der Waals surface area (Å²) in [6.07, 6.45) is -7.08. The Labute approximate surface area is 291 Å². The van der Waals surface area contributed by atoms with E-state index in [9.17, 15) is 20.1 Å². The van der Waals surface area contributed by atoms with Gasteiger partial charge in [-0.1, -0.05) is 96.7 Å². The first-order valence-electron chi connectivity index (χ1n) is 16.3. The predicted molar refractivity (Wildman–Crippen MR) is 182 cm³/mol. The molecule has 0 radical (unpaired) electrons. The number of hydrogen-bond acceptors (Lipinski definition) is 11. The largest absolute Gasteiger partial charge is 0.394 e. The van der Waals surface area contributed by atoms with Gasteiger partial charge >= 0.3 is 0 Å². The highest BCUT2D eigenvalue weighted by atomic mass is 32.2. The smallest absolute Gasteiger partial charge is 0.217 e. The molecule has 0 bridgehead atoms. The van der Waals surface area contributed by atoms with E-state index in [0.717, 1.165) is 16.0 Å². The summed E-state index contributed by atoms with van der Waals surface area (Å²) in [5.41, 5.74) is 0.979. The van der Waals surface area contributed by atoms with Gasteiger partial charge in [-0.15, -0.1) is 6.58 Å². The van der Waals surface area contributed by atoms with Crippen molar-refractivity contribution in [3.63, 3.8) is 0 Å². The maximum Gasteiger partial charge on any atom is 0.217 e. The van der Waals surface area contributed by atoms with Crippen molar-refractivity contribution in [1.82, 2.24) is 5.32 Å². The number of carbonyl (C=O) groups is 1. The molecule has 3 aromatic carbocycles. The van der Waals surface area contributed by atoms with Crippen LogP contribution in [0, 0.1) is 0 Å². The Kier molecular flexibility index (Phi) is 14.2. The summed E-state index contributed by atoms with van der Waals surface area (Å²) in [6, 6.07) is 27.6. The van der Waals surface area contributed by atoms with Crippen LogP contribution in [0.15, 0.2) is 109 Å². The van der Waals surface area contributed by atoms with Gasteiger partial charge in [0.05, 0.1) is 33.0 Å². The lowest BCUT2D eigenvalue weighted by molar-refractivity contribution is -0.325. The molecule has 12 heteroatoms. The first kappa shape index (κ1) is 37.1. The second-order valence-corrected chi connectivity index (χ2v) is 13.0. The number of amides is 1. The maximum absolute atomic E-state index is 12.6. The summed E-state index contributed by atoms with van der Waals surface area (Å²) in [6.45, 7) is 5.37. The molecule has 3 aromatic rings. The van der Waals surface area contributed by atoms with E-state index in [-0.39, 0.29) is 25.7 Å². The molecule has 0 unspecified atom stereocenters. The van der Waals surface area contributed by atoms with Crippen LogP contribution in [0.3, 0.4) is 0 Å². The van der Waals surface area contributed by atoms with Crippen molar-refractivity contribution in [3.05, 3.63) is 115 Å². The van der Waals surface area contributed by atoms with Crippen molar-refractivity contribution in [2.24, 2.45) is 0 Å². The molecule has 0 saturated carbocycles. The van der Waals surface area contributed by atoms with Crippen LogP contribution >= 0.6 is 11.8 Å². The van der Waals surface area contributed by atoms with E-state index in [1.807, 2.05) is 91.0 Å². The molecule has 2 fully saturated rings. The van der Waals surface area contributed by atoms with Gasteiger partial charge in [0.1, 0.15) is 54.2 Å². The van der Waals surface area contributed by atoms with Crippen LogP contribution in [-0.4, -0.2) is 102 Å². The van der Waals surface area contributed by atoms with E-state index in [2.05, 4.69) is 11.9 Å². The average Bonchev–Trinajstić information content (AvgIpc) is 3.12. The fourth-order valence-corrected chi connectivity index (χ4v) is 6.94. The molecule has 11 nitrogen and oxygen atoms in total. The van der Waals surface area contributed by atoms with Crippen LogP contribution in [0.4, 0.5) is 0 Å². The molecule has 264 valence electrons. The third-order valence-electron chi connectivity index (χ3n) is 8.21. The molecule has 0 aliphatic carbocycles. The zero-order chi connectivity index (χ0) is 34.6. The Morgan fingerprint density at radius 1 is 0.837 bits per heavy atom. The molecule has 1 amide bonds. The summed E-state index contributed by atoms with van der Waals surface area (Å²) < 4.78 is 37.8. The number of nitrogens with one attached hydrogen (secondary N) is 1. The van der Waals surface area contributed by atoms with Crippen LogP contribution in [0.25, 0.3) is 0 Å². The number of carbonyl (C=O) groups excluding carboxylic acids is 1. The molecular formula is C37H45NO10S. The maximum atomic E-state index is 12.6. The van der Waals surface area contributed by atoms with E-state index in [4.69, 9.17) is 28.4 Å². The van der Waals surface area contributed by atoms with E-state index in [1.54, 1.807) is 6.08 Å². The van der Waals surface area contributed by atoms with E-state index >= 15 is 0 Å². The standard InChI is InChI=1S/C37H45NO10S/c1-3-19-44-34-29(23-43-21-25-13-7-4-8-14-25)46-36(30(38-24(2)40)35(34)45-22-26-15-9-5-10-16-26)48-33-28(20-39)47-37(32(42)31(33)41)49-27-17-11-6-12-18-27/h3-18,28-37,39,41-42H,1,19-23H2,2H3,(H,38,40)/t28-,29-,30+,31-,32-,33-,34-,35-,36+,37+/m1/s1.